The summed E-state index contributed by atoms with van der Waals surface area (Å²) in [6.45, 7) is 5.53. The van der Waals surface area contributed by atoms with Gasteiger partial charge < -0.3 is 9.84 Å². The Kier molecular flexibility index (Phi) is 5.08. The third kappa shape index (κ3) is 3.19. The third-order valence-corrected chi connectivity index (χ3v) is 2.36. The maximum absolute atomic E-state index is 9.86. The molecule has 0 fully saturated rings. The summed E-state index contributed by atoms with van der Waals surface area (Å²) in [5.74, 6) is 0. The highest BCUT2D eigenvalue weighted by Gasteiger charge is 2.17. The Labute approximate surface area is 94.8 Å². The van der Waals surface area contributed by atoms with Crippen molar-refractivity contribution in [3.05, 3.63) is 16.9 Å². The standard InChI is InChI=1S/C10H17ClN2O2/c1-3-5-13-10(8(11)6-12-13)9(14)7-15-4-2/h6,9,14H,3-5,7H2,1-2H3. The van der Waals surface area contributed by atoms with Crippen LogP contribution in [0.4, 0.5) is 0 Å². The van der Waals surface area contributed by atoms with Gasteiger partial charge in [-0.3, -0.25) is 4.68 Å². The van der Waals surface area contributed by atoms with Crippen molar-refractivity contribution in [2.24, 2.45) is 0 Å². The highest BCUT2D eigenvalue weighted by atomic mass is 35.5. The van der Waals surface area contributed by atoms with Gasteiger partial charge in [-0.15, -0.1) is 0 Å². The Morgan fingerprint density at radius 2 is 2.33 bits per heavy atom. The number of hydrogen-bond acceptors (Lipinski definition) is 3. The van der Waals surface area contributed by atoms with Crippen molar-refractivity contribution in [2.45, 2.75) is 32.9 Å². The Hall–Kier alpha value is -0.580. The monoisotopic (exact) mass is 232 g/mol. The molecule has 1 unspecified atom stereocenters. The molecule has 5 heteroatoms. The summed E-state index contributed by atoms with van der Waals surface area (Å²) >= 11 is 5.96. The molecule has 0 aliphatic carbocycles. The van der Waals surface area contributed by atoms with Gasteiger partial charge in [-0.1, -0.05) is 18.5 Å². The van der Waals surface area contributed by atoms with Crippen molar-refractivity contribution in [3.63, 3.8) is 0 Å². The summed E-state index contributed by atoms with van der Waals surface area (Å²) in [7, 11) is 0. The van der Waals surface area contributed by atoms with E-state index in [9.17, 15) is 5.11 Å². The number of hydrogen-bond donors (Lipinski definition) is 1. The lowest BCUT2D eigenvalue weighted by molar-refractivity contribution is 0.0372. The number of aromatic nitrogens is 2. The Balaban J connectivity index is 2.75. The van der Waals surface area contributed by atoms with Crippen molar-refractivity contribution in [1.82, 2.24) is 9.78 Å². The van der Waals surface area contributed by atoms with E-state index < -0.39 is 6.10 Å². The summed E-state index contributed by atoms with van der Waals surface area (Å²) in [5.41, 5.74) is 0.645. The minimum absolute atomic E-state index is 0.256. The largest absolute Gasteiger partial charge is 0.384 e. The van der Waals surface area contributed by atoms with E-state index in [-0.39, 0.29) is 6.61 Å². The van der Waals surface area contributed by atoms with E-state index in [0.717, 1.165) is 13.0 Å². The first-order chi connectivity index (χ1) is 7.20. The number of aryl methyl sites for hydroxylation is 1. The quantitative estimate of drug-likeness (QED) is 0.816. The van der Waals surface area contributed by atoms with Gasteiger partial charge in [0.25, 0.3) is 0 Å². The summed E-state index contributed by atoms with van der Waals surface area (Å²) in [5, 5.41) is 14.5. The van der Waals surface area contributed by atoms with E-state index >= 15 is 0 Å². The Morgan fingerprint density at radius 3 is 2.93 bits per heavy atom. The fraction of sp³-hybridized carbons (Fsp3) is 0.700. The number of aliphatic hydroxyl groups is 1. The van der Waals surface area contributed by atoms with Gasteiger partial charge in [-0.25, -0.2) is 0 Å². The molecule has 1 N–H and O–H groups in total. The molecule has 15 heavy (non-hydrogen) atoms. The van der Waals surface area contributed by atoms with Crippen molar-refractivity contribution < 1.29 is 9.84 Å². The van der Waals surface area contributed by atoms with Crippen LogP contribution in [0.1, 0.15) is 32.1 Å². The van der Waals surface area contributed by atoms with Gasteiger partial charge in [0.1, 0.15) is 6.10 Å². The molecule has 1 rings (SSSR count). The van der Waals surface area contributed by atoms with Crippen LogP contribution in [-0.4, -0.2) is 28.1 Å². The highest BCUT2D eigenvalue weighted by molar-refractivity contribution is 6.31. The van der Waals surface area contributed by atoms with Gasteiger partial charge in [0.2, 0.25) is 0 Å². The minimum atomic E-state index is -0.702. The molecule has 1 heterocycles. The molecule has 0 radical (unpaired) electrons. The van der Waals surface area contributed by atoms with Crippen molar-refractivity contribution in [2.75, 3.05) is 13.2 Å². The van der Waals surface area contributed by atoms with E-state index in [4.69, 9.17) is 16.3 Å². The van der Waals surface area contributed by atoms with E-state index in [1.807, 2.05) is 13.8 Å². The maximum atomic E-state index is 9.86. The van der Waals surface area contributed by atoms with Crippen LogP contribution < -0.4 is 0 Å². The van der Waals surface area contributed by atoms with E-state index in [1.165, 1.54) is 0 Å². The molecular formula is C10H17ClN2O2. The summed E-state index contributed by atoms with van der Waals surface area (Å²) in [6, 6.07) is 0. The molecule has 1 aromatic rings. The lowest BCUT2D eigenvalue weighted by atomic mass is 10.2. The predicted molar refractivity (Wildman–Crippen MR) is 59.0 cm³/mol. The summed E-state index contributed by atoms with van der Waals surface area (Å²) < 4.78 is 6.89. The minimum Gasteiger partial charge on any atom is -0.384 e. The molecule has 1 aromatic heterocycles. The molecular weight excluding hydrogens is 216 g/mol. The van der Waals surface area contributed by atoms with Crippen LogP contribution in [0.15, 0.2) is 6.20 Å². The average Bonchev–Trinajstić information content (AvgIpc) is 2.57. The number of rotatable bonds is 6. The molecule has 0 saturated carbocycles. The molecule has 86 valence electrons. The molecule has 0 aliphatic heterocycles. The number of halogens is 1. The van der Waals surface area contributed by atoms with Crippen LogP contribution in [0.25, 0.3) is 0 Å². The van der Waals surface area contributed by atoms with Gasteiger partial charge >= 0.3 is 0 Å². The topological polar surface area (TPSA) is 47.3 Å². The van der Waals surface area contributed by atoms with Crippen molar-refractivity contribution >= 4 is 11.6 Å². The van der Waals surface area contributed by atoms with Crippen LogP contribution >= 0.6 is 11.6 Å². The zero-order chi connectivity index (χ0) is 11.3. The number of ether oxygens (including phenoxy) is 1. The van der Waals surface area contributed by atoms with E-state index in [0.29, 0.717) is 17.3 Å². The molecule has 1 atom stereocenters. The second kappa shape index (κ2) is 6.10. The van der Waals surface area contributed by atoms with Crippen molar-refractivity contribution in [3.8, 4) is 0 Å². The van der Waals surface area contributed by atoms with E-state index in [2.05, 4.69) is 5.10 Å². The SMILES string of the molecule is CCCn1ncc(Cl)c1C(O)COCC. The molecule has 0 amide bonds. The fourth-order valence-electron chi connectivity index (χ4n) is 1.40. The van der Waals surface area contributed by atoms with Gasteiger partial charge in [0, 0.05) is 13.2 Å². The summed E-state index contributed by atoms with van der Waals surface area (Å²) in [6.07, 6.45) is 1.81. The maximum Gasteiger partial charge on any atom is 0.120 e. The van der Waals surface area contributed by atoms with Gasteiger partial charge in [0.05, 0.1) is 23.5 Å². The molecule has 0 bridgehead atoms. The molecule has 0 aromatic carbocycles. The van der Waals surface area contributed by atoms with Crippen molar-refractivity contribution in [1.29, 1.82) is 0 Å². The zero-order valence-corrected chi connectivity index (χ0v) is 9.87. The van der Waals surface area contributed by atoms with Crippen LogP contribution in [0, 0.1) is 0 Å². The number of nitrogens with zero attached hydrogens (tertiary/aromatic N) is 2. The van der Waals surface area contributed by atoms with Crippen LogP contribution in [0.2, 0.25) is 5.02 Å². The first-order valence-electron chi connectivity index (χ1n) is 5.17. The summed E-state index contributed by atoms with van der Waals surface area (Å²) in [4.78, 5) is 0. The fourth-order valence-corrected chi connectivity index (χ4v) is 1.67. The normalized spacial score (nSPS) is 13.1. The van der Waals surface area contributed by atoms with Gasteiger partial charge in [-0.05, 0) is 13.3 Å². The Morgan fingerprint density at radius 1 is 1.60 bits per heavy atom. The zero-order valence-electron chi connectivity index (χ0n) is 9.11. The smallest absolute Gasteiger partial charge is 0.120 e. The predicted octanol–water partition coefficient (Wildman–Crippen LogP) is 2.02. The lowest BCUT2D eigenvalue weighted by Gasteiger charge is -2.13. The first-order valence-corrected chi connectivity index (χ1v) is 5.55. The lowest BCUT2D eigenvalue weighted by Crippen LogP contribution is -2.14. The third-order valence-electron chi connectivity index (χ3n) is 2.06. The van der Waals surface area contributed by atoms with Crippen LogP contribution in [0.3, 0.4) is 0 Å². The number of aliphatic hydroxyl groups excluding tert-OH is 1. The van der Waals surface area contributed by atoms with Gasteiger partial charge in [-0.2, -0.15) is 5.10 Å². The van der Waals surface area contributed by atoms with E-state index in [1.54, 1.807) is 10.9 Å². The first kappa shape index (κ1) is 12.5. The van der Waals surface area contributed by atoms with Gasteiger partial charge in [0.15, 0.2) is 0 Å². The van der Waals surface area contributed by atoms with Crippen LogP contribution in [-0.2, 0) is 11.3 Å². The molecule has 0 aliphatic rings. The molecule has 0 spiro atoms. The van der Waals surface area contributed by atoms with Crippen LogP contribution in [0.5, 0.6) is 0 Å². The molecule has 0 saturated heterocycles. The second-order valence-corrected chi connectivity index (χ2v) is 3.68. The highest BCUT2D eigenvalue weighted by Crippen LogP contribution is 2.23. The average molecular weight is 233 g/mol. The molecule has 4 nitrogen and oxygen atoms in total. The Bertz CT molecular complexity index is 302. The second-order valence-electron chi connectivity index (χ2n) is 3.28.